The van der Waals surface area contributed by atoms with E-state index in [-0.39, 0.29) is 21.2 Å². The van der Waals surface area contributed by atoms with Crippen LogP contribution in [0.2, 0.25) is 0 Å². The van der Waals surface area contributed by atoms with Gasteiger partial charge in [-0.05, 0) is 24.3 Å². The molecule has 140 valence electrons. The molecule has 0 aromatic heterocycles. The summed E-state index contributed by atoms with van der Waals surface area (Å²) >= 11 is 0. The summed E-state index contributed by atoms with van der Waals surface area (Å²) in [4.78, 5) is 18.5. The molecule has 11 nitrogen and oxygen atoms in total. The van der Waals surface area contributed by atoms with E-state index in [2.05, 4.69) is 0 Å². The highest BCUT2D eigenvalue weighted by Crippen LogP contribution is 2.18. The first-order valence-electron chi connectivity index (χ1n) is 6.23. The second-order valence-corrected chi connectivity index (χ2v) is 8.40. The predicted octanol–water partition coefficient (Wildman–Crippen LogP) is 2.36. The van der Waals surface area contributed by atoms with E-state index in [0.29, 0.717) is 0 Å². The van der Waals surface area contributed by atoms with E-state index in [1.165, 1.54) is 0 Å². The van der Waals surface area contributed by atoms with E-state index < -0.39 is 29.0 Å². The van der Waals surface area contributed by atoms with Crippen LogP contribution in [0.5, 0.6) is 0 Å². The average Bonchev–Trinajstić information content (AvgIpc) is 2.54. The number of halogens is 1. The zero-order chi connectivity index (χ0) is 20.1. The van der Waals surface area contributed by atoms with Crippen LogP contribution in [0.15, 0.2) is 58.3 Å². The Morgan fingerprint density at radius 2 is 1.04 bits per heavy atom. The fraction of sp³-hybridized carbons (Fsp3) is 0. The molecule has 0 atom stereocenters. The lowest BCUT2D eigenvalue weighted by atomic mass is 10.3. The molecular weight excluding hydrogens is 416 g/mol. The van der Waals surface area contributed by atoms with Gasteiger partial charge >= 0.3 is 0 Å². The average molecular weight is 425 g/mol. The summed E-state index contributed by atoms with van der Waals surface area (Å²) in [6.45, 7) is 0. The molecule has 0 amide bonds. The van der Waals surface area contributed by atoms with Gasteiger partial charge in [-0.1, -0.05) is 0 Å². The highest BCUT2D eigenvalue weighted by Gasteiger charge is 2.12. The lowest BCUT2D eigenvalue weighted by Crippen LogP contribution is -1.97. The van der Waals surface area contributed by atoms with E-state index in [9.17, 15) is 37.1 Å². The highest BCUT2D eigenvalue weighted by molar-refractivity contribution is 8.13. The van der Waals surface area contributed by atoms with E-state index >= 15 is 0 Å². The Labute approximate surface area is 151 Å². The Hall–Kier alpha value is -2.61. The fourth-order valence-electron chi connectivity index (χ4n) is 1.47. The Bertz CT molecular complexity index is 932. The SMILES string of the molecule is O=[N+]([O-])c1ccc(S(=O)(=O)Cl)cc1.O=[N+]([O-])c1ccc(S(=O)(=O)O)cc1. The molecule has 0 spiro atoms. The van der Waals surface area contributed by atoms with Crippen LogP contribution in [-0.4, -0.2) is 31.2 Å². The lowest BCUT2D eigenvalue weighted by molar-refractivity contribution is -0.385. The van der Waals surface area contributed by atoms with E-state index in [4.69, 9.17) is 15.2 Å². The number of nitro benzene ring substituents is 2. The predicted molar refractivity (Wildman–Crippen MR) is 89.0 cm³/mol. The monoisotopic (exact) mass is 424 g/mol. The van der Waals surface area contributed by atoms with Gasteiger partial charge in [0.25, 0.3) is 30.5 Å². The van der Waals surface area contributed by atoms with E-state index in [0.717, 1.165) is 48.5 Å². The Morgan fingerprint density at radius 3 is 1.27 bits per heavy atom. The molecule has 0 aliphatic heterocycles. The van der Waals surface area contributed by atoms with Crippen molar-refractivity contribution in [1.29, 1.82) is 0 Å². The molecule has 1 N–H and O–H groups in total. The molecule has 0 radical (unpaired) electrons. The first kappa shape index (κ1) is 21.4. The van der Waals surface area contributed by atoms with Gasteiger partial charge in [-0.15, -0.1) is 0 Å². The van der Waals surface area contributed by atoms with Gasteiger partial charge in [-0.3, -0.25) is 24.8 Å². The third-order valence-corrected chi connectivity index (χ3v) is 4.91. The van der Waals surface area contributed by atoms with Crippen LogP contribution in [0.3, 0.4) is 0 Å². The number of nitrogens with zero attached hydrogens (tertiary/aromatic N) is 2. The lowest BCUT2D eigenvalue weighted by Gasteiger charge is -1.94. The summed E-state index contributed by atoms with van der Waals surface area (Å²) in [7, 11) is -3.07. The number of non-ortho nitro benzene ring substituents is 2. The minimum absolute atomic E-state index is 0.153. The summed E-state index contributed by atoms with van der Waals surface area (Å²) in [5.41, 5.74) is -0.406. The summed E-state index contributed by atoms with van der Waals surface area (Å²) in [5.74, 6) is 0. The van der Waals surface area contributed by atoms with Crippen LogP contribution in [-0.2, 0) is 19.2 Å². The largest absolute Gasteiger partial charge is 0.294 e. The molecule has 0 heterocycles. The topological polar surface area (TPSA) is 175 Å². The molecule has 14 heteroatoms. The van der Waals surface area contributed by atoms with Crippen LogP contribution in [0.25, 0.3) is 0 Å². The van der Waals surface area contributed by atoms with Crippen molar-refractivity contribution in [3.63, 3.8) is 0 Å². The van der Waals surface area contributed by atoms with E-state index in [1.807, 2.05) is 0 Å². The molecule has 2 aromatic carbocycles. The van der Waals surface area contributed by atoms with Crippen molar-refractivity contribution in [2.75, 3.05) is 0 Å². The second kappa shape index (κ2) is 8.18. The zero-order valence-corrected chi connectivity index (χ0v) is 14.8. The normalized spacial score (nSPS) is 11.2. The first-order valence-corrected chi connectivity index (χ1v) is 9.98. The van der Waals surface area contributed by atoms with Gasteiger partial charge in [0.2, 0.25) is 0 Å². The van der Waals surface area contributed by atoms with Crippen LogP contribution in [0.4, 0.5) is 11.4 Å². The zero-order valence-electron chi connectivity index (χ0n) is 12.4. The molecule has 2 rings (SSSR count). The van der Waals surface area contributed by atoms with Crippen molar-refractivity contribution in [2.24, 2.45) is 0 Å². The van der Waals surface area contributed by atoms with Crippen LogP contribution >= 0.6 is 10.7 Å². The van der Waals surface area contributed by atoms with Gasteiger partial charge in [-0.25, -0.2) is 8.42 Å². The van der Waals surface area contributed by atoms with E-state index in [1.54, 1.807) is 0 Å². The molecule has 0 aliphatic carbocycles. The maximum absolute atomic E-state index is 10.7. The maximum Gasteiger partial charge on any atom is 0.294 e. The summed E-state index contributed by atoms with van der Waals surface area (Å²) in [6.07, 6.45) is 0. The molecule has 2 aromatic rings. The molecule has 0 saturated carbocycles. The molecular formula is C12H9ClN2O9S2. The maximum atomic E-state index is 10.7. The molecule has 26 heavy (non-hydrogen) atoms. The van der Waals surface area contributed by atoms with Gasteiger partial charge in [0, 0.05) is 34.9 Å². The second-order valence-electron chi connectivity index (χ2n) is 4.41. The summed E-state index contributed by atoms with van der Waals surface area (Å²) in [6, 6.07) is 8.26. The number of hydrogen-bond donors (Lipinski definition) is 1. The van der Waals surface area contributed by atoms with Crippen molar-refractivity contribution in [3.8, 4) is 0 Å². The van der Waals surface area contributed by atoms with Gasteiger partial charge in [0.15, 0.2) is 0 Å². The standard InChI is InChI=1S/C6H4ClNO4S.C6H5NO5S/c7-13(11,12)6-3-1-5(2-4-6)8(9)10;8-7(9)5-1-3-6(4-2-5)13(10,11)12/h1-4H;1-4H,(H,10,11,12). The highest BCUT2D eigenvalue weighted by atomic mass is 35.7. The number of nitro groups is 2. The fourth-order valence-corrected chi connectivity index (χ4v) is 2.72. The Balaban J connectivity index is 0.000000260. The summed E-state index contributed by atoms with van der Waals surface area (Å²) in [5, 5.41) is 20.3. The van der Waals surface area contributed by atoms with Crippen molar-refractivity contribution in [3.05, 3.63) is 68.8 Å². The smallest absolute Gasteiger partial charge is 0.282 e. The molecule has 0 bridgehead atoms. The van der Waals surface area contributed by atoms with Gasteiger partial charge in [0.1, 0.15) is 0 Å². The van der Waals surface area contributed by atoms with Crippen LogP contribution in [0, 0.1) is 20.2 Å². The van der Waals surface area contributed by atoms with Crippen molar-refractivity contribution in [1.82, 2.24) is 0 Å². The van der Waals surface area contributed by atoms with Crippen LogP contribution in [0.1, 0.15) is 0 Å². The third kappa shape index (κ3) is 6.36. The molecule has 0 saturated heterocycles. The minimum Gasteiger partial charge on any atom is -0.282 e. The number of rotatable bonds is 4. The Kier molecular flexibility index (Phi) is 6.74. The van der Waals surface area contributed by atoms with Crippen molar-refractivity contribution < 1.29 is 31.2 Å². The number of hydrogen-bond acceptors (Lipinski definition) is 8. The first-order chi connectivity index (χ1) is 11.8. The third-order valence-electron chi connectivity index (χ3n) is 2.67. The van der Waals surface area contributed by atoms with Gasteiger partial charge in [0.05, 0.1) is 19.6 Å². The molecule has 0 unspecified atom stereocenters. The minimum atomic E-state index is -4.27. The van der Waals surface area contributed by atoms with Crippen LogP contribution < -0.4 is 0 Å². The van der Waals surface area contributed by atoms with Gasteiger partial charge in [-0.2, -0.15) is 8.42 Å². The summed E-state index contributed by atoms with van der Waals surface area (Å²) < 4.78 is 50.9. The van der Waals surface area contributed by atoms with Crippen molar-refractivity contribution in [2.45, 2.75) is 9.79 Å². The quantitative estimate of drug-likeness (QED) is 0.334. The number of benzene rings is 2. The van der Waals surface area contributed by atoms with Crippen molar-refractivity contribution >= 4 is 41.2 Å². The van der Waals surface area contributed by atoms with Gasteiger partial charge < -0.3 is 0 Å². The Morgan fingerprint density at radius 1 is 0.731 bits per heavy atom. The molecule has 0 fully saturated rings. The molecule has 0 aliphatic rings.